The quantitative estimate of drug-likeness (QED) is 0.582. The summed E-state index contributed by atoms with van der Waals surface area (Å²) >= 11 is 6.17. The molecule has 3 aromatic rings. The van der Waals surface area contributed by atoms with E-state index in [1.807, 2.05) is 42.2 Å². The summed E-state index contributed by atoms with van der Waals surface area (Å²) in [5.41, 5.74) is 2.50. The van der Waals surface area contributed by atoms with Crippen LogP contribution in [0.3, 0.4) is 0 Å². The smallest absolute Gasteiger partial charge is 0.335 e. The fraction of sp³-hybridized carbons (Fsp3) is 0.346. The number of rotatable bonds is 5. The third-order valence-corrected chi connectivity index (χ3v) is 7.01. The van der Waals surface area contributed by atoms with Crippen LogP contribution in [0, 0.1) is 19.8 Å². The van der Waals surface area contributed by atoms with Gasteiger partial charge in [0.2, 0.25) is 5.91 Å². The second-order valence-electron chi connectivity index (χ2n) is 8.80. The maximum absolute atomic E-state index is 13.1. The second-order valence-corrected chi connectivity index (χ2v) is 9.21. The van der Waals surface area contributed by atoms with Crippen molar-refractivity contribution in [1.29, 1.82) is 0 Å². The summed E-state index contributed by atoms with van der Waals surface area (Å²) in [5, 5.41) is 3.54. The van der Waals surface area contributed by atoms with E-state index in [-0.39, 0.29) is 23.1 Å². The molecule has 1 aliphatic heterocycles. The normalized spacial score (nSPS) is 14.1. The van der Waals surface area contributed by atoms with Crippen LogP contribution in [0.25, 0.3) is 5.69 Å². The van der Waals surface area contributed by atoms with Gasteiger partial charge >= 0.3 is 5.69 Å². The van der Waals surface area contributed by atoms with Crippen LogP contribution in [0.4, 0.5) is 11.4 Å². The monoisotopic (exact) mass is 496 g/mol. The zero-order valence-electron chi connectivity index (χ0n) is 20.3. The van der Waals surface area contributed by atoms with Crippen LogP contribution in [0.1, 0.15) is 24.1 Å². The van der Waals surface area contributed by atoms with Crippen molar-refractivity contribution in [3.8, 4) is 11.4 Å². The zero-order chi connectivity index (χ0) is 25.3. The van der Waals surface area contributed by atoms with Gasteiger partial charge < -0.3 is 15.0 Å². The molecular weight excluding hydrogens is 468 g/mol. The number of methoxy groups -OCH3 is 1. The molecule has 1 N–H and O–H groups in total. The Balaban J connectivity index is 1.55. The Morgan fingerprint density at radius 3 is 2.37 bits per heavy atom. The highest BCUT2D eigenvalue weighted by molar-refractivity contribution is 6.31. The zero-order valence-corrected chi connectivity index (χ0v) is 21.1. The van der Waals surface area contributed by atoms with Crippen LogP contribution in [0.2, 0.25) is 5.02 Å². The minimum Gasteiger partial charge on any atom is -0.495 e. The number of para-hydroxylation sites is 1. The number of piperidine rings is 1. The Labute approximate surface area is 208 Å². The Morgan fingerprint density at radius 1 is 1.09 bits per heavy atom. The summed E-state index contributed by atoms with van der Waals surface area (Å²) < 4.78 is 8.07. The fourth-order valence-corrected chi connectivity index (χ4v) is 4.73. The van der Waals surface area contributed by atoms with Gasteiger partial charge in [0.1, 0.15) is 11.4 Å². The lowest BCUT2D eigenvalue weighted by Crippen LogP contribution is -2.46. The van der Waals surface area contributed by atoms with E-state index in [0.29, 0.717) is 59.5 Å². The van der Waals surface area contributed by atoms with Crippen molar-refractivity contribution in [1.82, 2.24) is 9.13 Å². The number of carbonyl (C=O) groups excluding carboxylic acids is 1. The van der Waals surface area contributed by atoms with Crippen molar-refractivity contribution in [2.75, 3.05) is 30.4 Å². The molecule has 184 valence electrons. The first-order chi connectivity index (χ1) is 16.7. The summed E-state index contributed by atoms with van der Waals surface area (Å²) in [4.78, 5) is 41.0. The van der Waals surface area contributed by atoms with Crippen LogP contribution in [0.15, 0.2) is 52.1 Å². The average Bonchev–Trinajstić information content (AvgIpc) is 2.86. The molecule has 8 nitrogen and oxygen atoms in total. The lowest BCUT2D eigenvalue weighted by molar-refractivity contribution is -0.120. The van der Waals surface area contributed by atoms with Gasteiger partial charge in [-0.05, 0) is 50.5 Å². The molecule has 1 fully saturated rings. The number of aryl methyl sites for hydroxylation is 1. The van der Waals surface area contributed by atoms with Crippen LogP contribution in [-0.4, -0.2) is 35.2 Å². The molecule has 0 radical (unpaired) electrons. The molecule has 0 aliphatic carbocycles. The lowest BCUT2D eigenvalue weighted by Gasteiger charge is -2.34. The molecule has 35 heavy (non-hydrogen) atoms. The Kier molecular flexibility index (Phi) is 7.03. The highest BCUT2D eigenvalue weighted by Gasteiger charge is 2.29. The first-order valence-corrected chi connectivity index (χ1v) is 11.9. The van der Waals surface area contributed by atoms with Gasteiger partial charge in [-0.25, -0.2) is 4.79 Å². The Bertz CT molecular complexity index is 1370. The van der Waals surface area contributed by atoms with Crippen molar-refractivity contribution >= 4 is 28.9 Å². The molecule has 0 saturated carbocycles. The number of halogens is 1. The van der Waals surface area contributed by atoms with Gasteiger partial charge in [0.15, 0.2) is 0 Å². The number of hydrogen-bond donors (Lipinski definition) is 1. The van der Waals surface area contributed by atoms with Crippen molar-refractivity contribution in [2.24, 2.45) is 13.0 Å². The fourth-order valence-electron chi connectivity index (χ4n) is 4.57. The number of nitrogens with one attached hydrogen (secondary N) is 1. The average molecular weight is 497 g/mol. The van der Waals surface area contributed by atoms with Crippen molar-refractivity contribution in [2.45, 2.75) is 26.7 Å². The second kappa shape index (κ2) is 10.00. The van der Waals surface area contributed by atoms with Crippen LogP contribution in [0.5, 0.6) is 5.75 Å². The molecule has 1 amide bonds. The predicted octanol–water partition coefficient (Wildman–Crippen LogP) is 3.67. The van der Waals surface area contributed by atoms with Crippen LogP contribution in [-0.2, 0) is 11.8 Å². The number of hydrogen-bond acceptors (Lipinski definition) is 5. The summed E-state index contributed by atoms with van der Waals surface area (Å²) in [6.45, 7) is 4.71. The first kappa shape index (κ1) is 24.6. The van der Waals surface area contributed by atoms with E-state index in [1.54, 1.807) is 23.6 Å². The molecule has 1 aromatic heterocycles. The van der Waals surface area contributed by atoms with Gasteiger partial charge in [-0.3, -0.25) is 18.7 Å². The summed E-state index contributed by atoms with van der Waals surface area (Å²) in [6.07, 6.45) is 1.15. The number of ether oxygens (including phenoxy) is 1. The number of carbonyl (C=O) groups is 1. The molecule has 4 rings (SSSR count). The van der Waals surface area contributed by atoms with Gasteiger partial charge in [-0.2, -0.15) is 0 Å². The number of amides is 1. The topological polar surface area (TPSA) is 85.6 Å². The van der Waals surface area contributed by atoms with Crippen LogP contribution >= 0.6 is 11.6 Å². The van der Waals surface area contributed by atoms with E-state index in [4.69, 9.17) is 16.3 Å². The molecule has 1 aliphatic rings. The highest BCUT2D eigenvalue weighted by atomic mass is 35.5. The summed E-state index contributed by atoms with van der Waals surface area (Å²) in [7, 11) is 3.03. The van der Waals surface area contributed by atoms with E-state index in [2.05, 4.69) is 5.32 Å². The Morgan fingerprint density at radius 2 is 1.74 bits per heavy atom. The molecular formula is C26H29ClN4O4. The van der Waals surface area contributed by atoms with Crippen molar-refractivity contribution in [3.05, 3.63) is 79.6 Å². The molecule has 0 spiro atoms. The molecule has 0 unspecified atom stereocenters. The third kappa shape index (κ3) is 4.71. The van der Waals surface area contributed by atoms with Gasteiger partial charge in [-0.1, -0.05) is 29.8 Å². The summed E-state index contributed by atoms with van der Waals surface area (Å²) in [6, 6.07) is 12.8. The molecule has 2 aromatic carbocycles. The minimum absolute atomic E-state index is 0.0939. The third-order valence-electron chi connectivity index (χ3n) is 6.60. The predicted molar refractivity (Wildman–Crippen MR) is 138 cm³/mol. The SMILES string of the molecule is COc1cc(Cl)c(C)cc1NC(=O)C1CCN(c2c(C)n(-c3ccccc3)c(=O)n(C)c2=O)CC1. The molecule has 0 bridgehead atoms. The van der Waals surface area contributed by atoms with E-state index in [1.165, 1.54) is 14.2 Å². The lowest BCUT2D eigenvalue weighted by atomic mass is 9.95. The van der Waals surface area contributed by atoms with Crippen molar-refractivity contribution in [3.63, 3.8) is 0 Å². The molecule has 1 saturated heterocycles. The maximum Gasteiger partial charge on any atom is 0.335 e. The number of nitrogens with zero attached hydrogens (tertiary/aromatic N) is 3. The van der Waals surface area contributed by atoms with Crippen molar-refractivity contribution < 1.29 is 9.53 Å². The van der Waals surface area contributed by atoms with E-state index < -0.39 is 0 Å². The largest absolute Gasteiger partial charge is 0.495 e. The molecule has 2 heterocycles. The number of aromatic nitrogens is 2. The van der Waals surface area contributed by atoms with E-state index >= 15 is 0 Å². The number of benzene rings is 2. The molecule has 0 atom stereocenters. The Hall–Kier alpha value is -3.52. The van der Waals surface area contributed by atoms with E-state index in [9.17, 15) is 14.4 Å². The first-order valence-electron chi connectivity index (χ1n) is 11.5. The van der Waals surface area contributed by atoms with E-state index in [0.717, 1.165) is 10.1 Å². The minimum atomic E-state index is -0.385. The van der Waals surface area contributed by atoms with Gasteiger partial charge in [0.05, 0.1) is 24.2 Å². The standard InChI is InChI=1S/C26H29ClN4O4/c1-16-14-21(22(35-4)15-20(16)27)28-24(32)18-10-12-30(13-11-18)23-17(2)31(19-8-6-5-7-9-19)26(34)29(3)25(23)33/h5-9,14-15,18H,10-13H2,1-4H3,(H,28,32). The number of anilines is 2. The van der Waals surface area contributed by atoms with Gasteiger partial charge in [0, 0.05) is 37.1 Å². The van der Waals surface area contributed by atoms with Crippen LogP contribution < -0.4 is 26.2 Å². The van der Waals surface area contributed by atoms with Gasteiger partial charge in [-0.15, -0.1) is 0 Å². The maximum atomic E-state index is 13.1. The highest BCUT2D eigenvalue weighted by Crippen LogP contribution is 2.32. The summed E-state index contributed by atoms with van der Waals surface area (Å²) in [5.74, 6) is 0.202. The molecule has 9 heteroatoms. The van der Waals surface area contributed by atoms with Gasteiger partial charge in [0.25, 0.3) is 5.56 Å².